The van der Waals surface area contributed by atoms with Crippen LogP contribution in [0.4, 0.5) is 0 Å². The maximum atomic E-state index is 12.9. The predicted molar refractivity (Wildman–Crippen MR) is 117 cm³/mol. The fourth-order valence-electron chi connectivity index (χ4n) is 4.18. The van der Waals surface area contributed by atoms with Gasteiger partial charge in [0.25, 0.3) is 5.91 Å². The second-order valence-corrected chi connectivity index (χ2v) is 8.17. The van der Waals surface area contributed by atoms with E-state index in [2.05, 4.69) is 58.5 Å². The molecule has 0 aliphatic carbocycles. The van der Waals surface area contributed by atoms with Gasteiger partial charge >= 0.3 is 0 Å². The van der Waals surface area contributed by atoms with E-state index in [0.717, 1.165) is 37.1 Å². The number of hydrogen-bond acceptors (Lipinski definition) is 4. The summed E-state index contributed by atoms with van der Waals surface area (Å²) >= 11 is 0. The first-order valence-electron chi connectivity index (χ1n) is 10.2. The zero-order valence-corrected chi connectivity index (χ0v) is 17.1. The molecule has 3 aromatic rings. The van der Waals surface area contributed by atoms with E-state index in [1.54, 1.807) is 0 Å². The van der Waals surface area contributed by atoms with Gasteiger partial charge in [-0.1, -0.05) is 54.6 Å². The number of para-hydroxylation sites is 1. The molecule has 2 heterocycles. The topological polar surface area (TPSA) is 48.5 Å². The maximum absolute atomic E-state index is 12.9. The molecule has 0 bridgehead atoms. The molecule has 1 aliphatic heterocycles. The summed E-state index contributed by atoms with van der Waals surface area (Å²) in [6.45, 7) is 3.68. The number of carbonyl (C=O) groups excluding carboxylic acids is 1. The number of fused-ring (bicyclic) bond motifs is 1. The van der Waals surface area contributed by atoms with Gasteiger partial charge in [0.1, 0.15) is 5.69 Å². The van der Waals surface area contributed by atoms with E-state index in [4.69, 9.17) is 0 Å². The van der Waals surface area contributed by atoms with Crippen LogP contribution in [0.5, 0.6) is 0 Å². The molecule has 0 unspecified atom stereocenters. The van der Waals surface area contributed by atoms with Crippen molar-refractivity contribution in [1.82, 2.24) is 20.1 Å². The molecule has 1 amide bonds. The Morgan fingerprint density at radius 2 is 1.79 bits per heavy atom. The largest absolute Gasteiger partial charge is 0.346 e. The first-order valence-corrected chi connectivity index (χ1v) is 10.2. The Kier molecular flexibility index (Phi) is 5.88. The van der Waals surface area contributed by atoms with Crippen LogP contribution >= 0.6 is 0 Å². The zero-order valence-electron chi connectivity index (χ0n) is 17.1. The van der Waals surface area contributed by atoms with Crippen molar-refractivity contribution in [1.29, 1.82) is 0 Å². The fourth-order valence-corrected chi connectivity index (χ4v) is 4.18. The SMILES string of the molecule is CN(C)C[C@@H]1CN(Cc2ccccc2)C[C@H]1NC(=O)c1ccc2ccccc2n1. The van der Waals surface area contributed by atoms with Gasteiger partial charge in [0.2, 0.25) is 0 Å². The van der Waals surface area contributed by atoms with Crippen LogP contribution in [-0.4, -0.2) is 60.5 Å². The lowest BCUT2D eigenvalue weighted by Crippen LogP contribution is -2.43. The number of likely N-dealkylation sites (tertiary alicyclic amines) is 1. The Hall–Kier alpha value is -2.76. The molecule has 0 spiro atoms. The average molecular weight is 389 g/mol. The van der Waals surface area contributed by atoms with Crippen molar-refractivity contribution in [2.24, 2.45) is 5.92 Å². The highest BCUT2D eigenvalue weighted by atomic mass is 16.2. The lowest BCUT2D eigenvalue weighted by molar-refractivity contribution is 0.0922. The number of hydrogen-bond donors (Lipinski definition) is 1. The van der Waals surface area contributed by atoms with E-state index >= 15 is 0 Å². The number of carbonyl (C=O) groups is 1. The smallest absolute Gasteiger partial charge is 0.270 e. The number of amides is 1. The van der Waals surface area contributed by atoms with Crippen molar-refractivity contribution in [3.05, 3.63) is 78.0 Å². The maximum Gasteiger partial charge on any atom is 0.270 e. The van der Waals surface area contributed by atoms with E-state index in [0.29, 0.717) is 11.6 Å². The summed E-state index contributed by atoms with van der Waals surface area (Å²) < 4.78 is 0. The van der Waals surface area contributed by atoms with Crippen molar-refractivity contribution in [2.75, 3.05) is 33.7 Å². The number of rotatable bonds is 6. The summed E-state index contributed by atoms with van der Waals surface area (Å²) in [7, 11) is 4.17. The molecule has 1 N–H and O–H groups in total. The van der Waals surface area contributed by atoms with Crippen molar-refractivity contribution in [3.63, 3.8) is 0 Å². The molecule has 0 saturated carbocycles. The molecule has 29 heavy (non-hydrogen) atoms. The van der Waals surface area contributed by atoms with Gasteiger partial charge in [0.05, 0.1) is 5.52 Å². The minimum absolute atomic E-state index is 0.0916. The Morgan fingerprint density at radius 1 is 1.03 bits per heavy atom. The van der Waals surface area contributed by atoms with Crippen LogP contribution in [-0.2, 0) is 6.54 Å². The Bertz CT molecular complexity index is 973. The van der Waals surface area contributed by atoms with Crippen LogP contribution in [0.25, 0.3) is 10.9 Å². The Balaban J connectivity index is 1.47. The summed E-state index contributed by atoms with van der Waals surface area (Å²) in [5.74, 6) is 0.296. The normalized spacial score (nSPS) is 19.7. The molecular formula is C24H28N4O. The number of pyridine rings is 1. The molecular weight excluding hydrogens is 360 g/mol. The lowest BCUT2D eigenvalue weighted by Gasteiger charge is -2.22. The predicted octanol–water partition coefficient (Wildman–Crippen LogP) is 3.03. The van der Waals surface area contributed by atoms with Gasteiger partial charge in [-0.15, -0.1) is 0 Å². The lowest BCUT2D eigenvalue weighted by atomic mass is 10.0. The van der Waals surface area contributed by atoms with Gasteiger partial charge in [-0.25, -0.2) is 4.98 Å². The van der Waals surface area contributed by atoms with Gasteiger partial charge in [-0.2, -0.15) is 0 Å². The van der Waals surface area contributed by atoms with Gasteiger partial charge < -0.3 is 10.2 Å². The summed E-state index contributed by atoms with van der Waals surface area (Å²) in [5.41, 5.74) is 2.63. The third-order valence-electron chi connectivity index (χ3n) is 5.51. The second kappa shape index (κ2) is 8.72. The number of benzene rings is 2. The molecule has 2 atom stereocenters. The molecule has 5 nitrogen and oxygen atoms in total. The molecule has 150 valence electrons. The zero-order chi connectivity index (χ0) is 20.2. The van der Waals surface area contributed by atoms with Gasteiger partial charge in [-0.05, 0) is 31.8 Å². The van der Waals surface area contributed by atoms with Crippen LogP contribution in [0.3, 0.4) is 0 Å². The molecule has 1 aromatic heterocycles. The van der Waals surface area contributed by atoms with Gasteiger partial charge in [-0.3, -0.25) is 9.69 Å². The summed E-state index contributed by atoms with van der Waals surface area (Å²) in [4.78, 5) is 22.1. The molecule has 1 aliphatic rings. The standard InChI is InChI=1S/C24H28N4O/c1-27(2)15-20-16-28(14-18-8-4-3-5-9-18)17-23(20)26-24(29)22-13-12-19-10-6-7-11-21(19)25-22/h3-13,20,23H,14-17H2,1-2H3,(H,26,29)/t20-,23-/m1/s1. The van der Waals surface area contributed by atoms with Crippen LogP contribution in [0, 0.1) is 5.92 Å². The highest BCUT2D eigenvalue weighted by Gasteiger charge is 2.34. The molecule has 4 rings (SSSR count). The number of nitrogens with one attached hydrogen (secondary N) is 1. The van der Waals surface area contributed by atoms with Crippen molar-refractivity contribution >= 4 is 16.8 Å². The summed E-state index contributed by atoms with van der Waals surface area (Å²) in [5, 5.41) is 4.31. The van der Waals surface area contributed by atoms with Crippen molar-refractivity contribution < 1.29 is 4.79 Å². The van der Waals surface area contributed by atoms with Crippen molar-refractivity contribution in [3.8, 4) is 0 Å². The fraction of sp³-hybridized carbons (Fsp3) is 0.333. The van der Waals surface area contributed by atoms with E-state index in [-0.39, 0.29) is 11.9 Å². The van der Waals surface area contributed by atoms with E-state index in [9.17, 15) is 4.79 Å². The Morgan fingerprint density at radius 3 is 2.59 bits per heavy atom. The molecule has 0 radical (unpaired) electrons. The van der Waals surface area contributed by atoms with Gasteiger partial charge in [0.15, 0.2) is 0 Å². The van der Waals surface area contributed by atoms with Crippen molar-refractivity contribution in [2.45, 2.75) is 12.6 Å². The minimum Gasteiger partial charge on any atom is -0.346 e. The summed E-state index contributed by atoms with van der Waals surface area (Å²) in [6, 6.07) is 22.3. The number of aromatic nitrogens is 1. The molecule has 1 fully saturated rings. The molecule has 2 aromatic carbocycles. The quantitative estimate of drug-likeness (QED) is 0.705. The first kappa shape index (κ1) is 19.6. The van der Waals surface area contributed by atoms with Crippen LogP contribution in [0.15, 0.2) is 66.7 Å². The van der Waals surface area contributed by atoms with Crippen LogP contribution in [0.2, 0.25) is 0 Å². The minimum atomic E-state index is -0.0916. The Labute approximate surface area is 172 Å². The number of nitrogens with zero attached hydrogens (tertiary/aromatic N) is 3. The first-order chi connectivity index (χ1) is 14.1. The third-order valence-corrected chi connectivity index (χ3v) is 5.51. The van der Waals surface area contributed by atoms with Crippen LogP contribution < -0.4 is 5.32 Å². The third kappa shape index (κ3) is 4.81. The molecule has 1 saturated heterocycles. The van der Waals surface area contributed by atoms with E-state index in [1.165, 1.54) is 5.56 Å². The highest BCUT2D eigenvalue weighted by Crippen LogP contribution is 2.21. The van der Waals surface area contributed by atoms with E-state index < -0.39 is 0 Å². The average Bonchev–Trinajstić information content (AvgIpc) is 3.08. The van der Waals surface area contributed by atoms with Crippen LogP contribution in [0.1, 0.15) is 16.1 Å². The highest BCUT2D eigenvalue weighted by molar-refractivity contribution is 5.95. The monoisotopic (exact) mass is 388 g/mol. The van der Waals surface area contributed by atoms with Gasteiger partial charge in [0, 0.05) is 43.5 Å². The van der Waals surface area contributed by atoms with E-state index in [1.807, 2.05) is 42.5 Å². The molecule has 5 heteroatoms. The summed E-state index contributed by atoms with van der Waals surface area (Å²) in [6.07, 6.45) is 0. The second-order valence-electron chi connectivity index (χ2n) is 8.17.